The Labute approximate surface area is 172 Å². The van der Waals surface area contributed by atoms with Gasteiger partial charge in [-0.15, -0.1) is 0 Å². The van der Waals surface area contributed by atoms with Crippen LogP contribution in [0.25, 0.3) is 11.1 Å². The van der Waals surface area contributed by atoms with Gasteiger partial charge in [-0.25, -0.2) is 4.39 Å². The van der Waals surface area contributed by atoms with Gasteiger partial charge in [0.15, 0.2) is 6.61 Å². The third kappa shape index (κ3) is 3.12. The summed E-state index contributed by atoms with van der Waals surface area (Å²) in [4.78, 5) is 26.8. The van der Waals surface area contributed by atoms with Gasteiger partial charge in [0.1, 0.15) is 11.6 Å². The van der Waals surface area contributed by atoms with Crippen LogP contribution in [0.1, 0.15) is 11.1 Å². The second-order valence-electron chi connectivity index (χ2n) is 7.14. The Balaban J connectivity index is 1.63. The summed E-state index contributed by atoms with van der Waals surface area (Å²) in [6, 6.07) is 20.8. The van der Waals surface area contributed by atoms with Crippen molar-refractivity contribution in [3.8, 4) is 5.75 Å². The van der Waals surface area contributed by atoms with E-state index in [0.29, 0.717) is 29.1 Å². The van der Waals surface area contributed by atoms with Gasteiger partial charge in [-0.3, -0.25) is 9.59 Å². The number of rotatable bonds is 3. The number of fused-ring (bicyclic) bond motifs is 1. The molecule has 0 saturated heterocycles. The second kappa shape index (κ2) is 7.15. The summed E-state index contributed by atoms with van der Waals surface area (Å²) < 4.78 is 18.9. The average molecular weight is 400 g/mol. The number of halogens is 1. The topological polar surface area (TPSA) is 58.6 Å². The molecule has 0 fully saturated rings. The van der Waals surface area contributed by atoms with Crippen LogP contribution in [0, 0.1) is 5.82 Å². The molecule has 0 saturated carbocycles. The van der Waals surface area contributed by atoms with Gasteiger partial charge in [-0.1, -0.05) is 36.4 Å². The van der Waals surface area contributed by atoms with E-state index in [1.807, 2.05) is 42.5 Å². The highest BCUT2D eigenvalue weighted by molar-refractivity contribution is 6.36. The van der Waals surface area contributed by atoms with Crippen molar-refractivity contribution in [2.75, 3.05) is 23.4 Å². The van der Waals surface area contributed by atoms with E-state index in [1.54, 1.807) is 23.1 Å². The maximum atomic E-state index is 13.5. The van der Waals surface area contributed by atoms with Crippen molar-refractivity contribution in [3.63, 3.8) is 0 Å². The highest BCUT2D eigenvalue weighted by atomic mass is 19.1. The largest absolute Gasteiger partial charge is 0.482 e. The lowest BCUT2D eigenvalue weighted by atomic mass is 9.96. The van der Waals surface area contributed by atoms with E-state index >= 15 is 0 Å². The number of benzene rings is 3. The van der Waals surface area contributed by atoms with Crippen molar-refractivity contribution in [3.05, 3.63) is 89.7 Å². The highest BCUT2D eigenvalue weighted by Crippen LogP contribution is 2.39. The first-order chi connectivity index (χ1) is 14.6. The van der Waals surface area contributed by atoms with Crippen LogP contribution in [-0.4, -0.2) is 25.0 Å². The van der Waals surface area contributed by atoms with Crippen LogP contribution in [-0.2, 0) is 9.59 Å². The summed E-state index contributed by atoms with van der Waals surface area (Å²) >= 11 is 0. The van der Waals surface area contributed by atoms with Crippen LogP contribution in [0.3, 0.4) is 0 Å². The van der Waals surface area contributed by atoms with Crippen LogP contribution >= 0.6 is 0 Å². The molecule has 2 heterocycles. The van der Waals surface area contributed by atoms with Crippen LogP contribution in [0.4, 0.5) is 15.8 Å². The lowest BCUT2D eigenvalue weighted by molar-refractivity contribution is -0.118. The molecule has 6 heteroatoms. The minimum atomic E-state index is -0.361. The lowest BCUT2D eigenvalue weighted by Crippen LogP contribution is -2.26. The predicted molar refractivity (Wildman–Crippen MR) is 113 cm³/mol. The number of ether oxygens (including phenoxy) is 1. The molecule has 30 heavy (non-hydrogen) atoms. The van der Waals surface area contributed by atoms with Crippen LogP contribution in [0.2, 0.25) is 0 Å². The summed E-state index contributed by atoms with van der Waals surface area (Å²) in [5, 5.41) is 2.81. The van der Waals surface area contributed by atoms with E-state index in [1.165, 1.54) is 12.1 Å². The Morgan fingerprint density at radius 2 is 1.63 bits per heavy atom. The van der Waals surface area contributed by atoms with Crippen LogP contribution < -0.4 is 15.0 Å². The second-order valence-corrected chi connectivity index (χ2v) is 7.14. The average Bonchev–Trinajstić information content (AvgIpc) is 3.11. The molecule has 1 N–H and O–H groups in total. The van der Waals surface area contributed by atoms with Crippen molar-refractivity contribution in [1.29, 1.82) is 0 Å². The van der Waals surface area contributed by atoms with Crippen molar-refractivity contribution in [2.45, 2.75) is 0 Å². The maximum Gasteiger partial charge on any atom is 0.262 e. The Kier molecular flexibility index (Phi) is 4.32. The van der Waals surface area contributed by atoms with Gasteiger partial charge in [0.25, 0.3) is 11.8 Å². The molecule has 5 rings (SSSR count). The van der Waals surface area contributed by atoms with Crippen molar-refractivity contribution < 1.29 is 18.7 Å². The summed E-state index contributed by atoms with van der Waals surface area (Å²) in [6.07, 6.45) is 0. The van der Waals surface area contributed by atoms with Crippen LogP contribution in [0.5, 0.6) is 5.75 Å². The first kappa shape index (κ1) is 18.1. The zero-order valence-electron chi connectivity index (χ0n) is 15.9. The molecule has 3 aromatic rings. The zero-order chi connectivity index (χ0) is 20.7. The number of nitrogens with zero attached hydrogens (tertiary/aromatic N) is 1. The molecule has 5 nitrogen and oxygen atoms in total. The highest BCUT2D eigenvalue weighted by Gasteiger charge is 2.33. The summed E-state index contributed by atoms with van der Waals surface area (Å²) in [6.45, 7) is 0.347. The van der Waals surface area contributed by atoms with E-state index in [4.69, 9.17) is 4.74 Å². The summed E-state index contributed by atoms with van der Waals surface area (Å²) in [5.74, 6) is -0.145. The van der Waals surface area contributed by atoms with E-state index in [-0.39, 0.29) is 24.2 Å². The fraction of sp³-hybridized carbons (Fsp3) is 0.0833. The van der Waals surface area contributed by atoms with Gasteiger partial charge in [-0.05, 0) is 53.1 Å². The zero-order valence-corrected chi connectivity index (χ0v) is 15.9. The van der Waals surface area contributed by atoms with E-state index in [2.05, 4.69) is 5.32 Å². The summed E-state index contributed by atoms with van der Waals surface area (Å²) in [5.41, 5.74) is 4.12. The van der Waals surface area contributed by atoms with Crippen molar-refractivity contribution in [1.82, 2.24) is 0 Å². The molecular weight excluding hydrogens is 383 g/mol. The SMILES string of the molecule is O=C1COc2ccc(C3=C(c4ccc(F)cc4)C(=O)N(c4ccccc4)C3)cc2N1. The predicted octanol–water partition coefficient (Wildman–Crippen LogP) is 4.11. The number of carbonyl (C=O) groups is 2. The first-order valence-electron chi connectivity index (χ1n) is 9.53. The molecule has 2 amide bonds. The van der Waals surface area contributed by atoms with Gasteiger partial charge in [0.05, 0.1) is 17.8 Å². The minimum Gasteiger partial charge on any atom is -0.482 e. The maximum absolute atomic E-state index is 13.5. The first-order valence-corrected chi connectivity index (χ1v) is 9.53. The molecule has 0 unspecified atom stereocenters. The van der Waals surface area contributed by atoms with Crippen LogP contribution in [0.15, 0.2) is 72.8 Å². The minimum absolute atomic E-state index is 0.0177. The Bertz CT molecular complexity index is 1190. The molecule has 2 aliphatic rings. The Morgan fingerprint density at radius 3 is 2.40 bits per heavy atom. The molecular formula is C24H17FN2O3. The molecule has 0 spiro atoms. The van der Waals surface area contributed by atoms with Gasteiger partial charge < -0.3 is 15.0 Å². The molecule has 0 radical (unpaired) electrons. The fourth-order valence-corrected chi connectivity index (χ4v) is 3.81. The smallest absolute Gasteiger partial charge is 0.262 e. The number of hydrogen-bond acceptors (Lipinski definition) is 3. The number of anilines is 2. The van der Waals surface area contributed by atoms with Gasteiger partial charge in [-0.2, -0.15) is 0 Å². The molecule has 0 aliphatic carbocycles. The molecule has 0 bridgehead atoms. The van der Waals surface area contributed by atoms with E-state index in [0.717, 1.165) is 16.8 Å². The normalized spacial score (nSPS) is 15.7. The van der Waals surface area contributed by atoms with Crippen molar-refractivity contribution >= 4 is 34.3 Å². The summed E-state index contributed by atoms with van der Waals surface area (Å²) in [7, 11) is 0. The molecule has 2 aliphatic heterocycles. The monoisotopic (exact) mass is 400 g/mol. The third-order valence-corrected chi connectivity index (χ3v) is 5.24. The number of carbonyl (C=O) groups excluding carboxylic acids is 2. The Morgan fingerprint density at radius 1 is 0.900 bits per heavy atom. The lowest BCUT2D eigenvalue weighted by Gasteiger charge is -2.19. The fourth-order valence-electron chi connectivity index (χ4n) is 3.81. The molecule has 3 aromatic carbocycles. The number of amides is 2. The van der Waals surface area contributed by atoms with E-state index < -0.39 is 0 Å². The van der Waals surface area contributed by atoms with E-state index in [9.17, 15) is 14.0 Å². The molecule has 148 valence electrons. The molecule has 0 atom stereocenters. The van der Waals surface area contributed by atoms with Gasteiger partial charge in [0, 0.05) is 5.69 Å². The standard InChI is InChI=1S/C24H17FN2O3/c25-17-9-6-15(7-10-17)23-19(13-27(24(23)29)18-4-2-1-3-5-18)16-8-11-21-20(12-16)26-22(28)14-30-21/h1-12H,13-14H2,(H,26,28). The third-order valence-electron chi connectivity index (χ3n) is 5.24. The number of hydrogen-bond donors (Lipinski definition) is 1. The van der Waals surface area contributed by atoms with Gasteiger partial charge in [0.2, 0.25) is 0 Å². The number of para-hydroxylation sites is 1. The molecule has 0 aromatic heterocycles. The Hall–Kier alpha value is -3.93. The quantitative estimate of drug-likeness (QED) is 0.720. The number of nitrogens with one attached hydrogen (secondary N) is 1. The van der Waals surface area contributed by atoms with Crippen molar-refractivity contribution in [2.24, 2.45) is 0 Å². The van der Waals surface area contributed by atoms with Gasteiger partial charge >= 0.3 is 0 Å².